The van der Waals surface area contributed by atoms with Crippen molar-refractivity contribution in [2.75, 3.05) is 38.7 Å². The van der Waals surface area contributed by atoms with Gasteiger partial charge in [-0.2, -0.15) is 4.98 Å². The molecule has 0 saturated carbocycles. The molecule has 0 radical (unpaired) electrons. The summed E-state index contributed by atoms with van der Waals surface area (Å²) in [4.78, 5) is 21.7. The van der Waals surface area contributed by atoms with Gasteiger partial charge in [0, 0.05) is 18.3 Å². The third kappa shape index (κ3) is 6.15. The van der Waals surface area contributed by atoms with Crippen molar-refractivity contribution in [3.63, 3.8) is 0 Å². The minimum atomic E-state index is -0.114. The second-order valence-corrected chi connectivity index (χ2v) is 8.48. The minimum Gasteiger partial charge on any atom is -1.00 e. The standard InChI is InChI=1S/C22H30N6O.HI/c1-5-6-12-24-20-19-18(25-22(23)26-20)11-13-27(21(19)29)14-16-7-9-17(10-8-16)15-28(2,3)4;/h7-11,13H,5-6,12,14-15H2,1-4H3,(H2-,23,24,25,26,29);1H. The van der Waals surface area contributed by atoms with E-state index in [4.69, 9.17) is 5.73 Å². The highest BCUT2D eigenvalue weighted by atomic mass is 127. The zero-order valence-corrected chi connectivity index (χ0v) is 20.3. The Labute approximate surface area is 194 Å². The summed E-state index contributed by atoms with van der Waals surface area (Å²) in [5.41, 5.74) is 8.63. The van der Waals surface area contributed by atoms with Gasteiger partial charge < -0.3 is 44.1 Å². The third-order valence-electron chi connectivity index (χ3n) is 4.70. The molecule has 3 aromatic rings. The van der Waals surface area contributed by atoms with Crippen LogP contribution in [0.5, 0.6) is 0 Å². The van der Waals surface area contributed by atoms with Crippen LogP contribution in [0.25, 0.3) is 10.9 Å². The van der Waals surface area contributed by atoms with E-state index in [1.165, 1.54) is 5.56 Å². The van der Waals surface area contributed by atoms with Crippen LogP contribution in [-0.2, 0) is 13.1 Å². The van der Waals surface area contributed by atoms with Crippen LogP contribution in [0.2, 0.25) is 0 Å². The summed E-state index contributed by atoms with van der Waals surface area (Å²) < 4.78 is 2.57. The fraction of sp³-hybridized carbons (Fsp3) is 0.409. The number of aromatic nitrogens is 3. The van der Waals surface area contributed by atoms with Gasteiger partial charge in [-0.25, -0.2) is 4.98 Å². The number of benzene rings is 1. The molecule has 0 atom stereocenters. The van der Waals surface area contributed by atoms with Crippen LogP contribution in [0, 0.1) is 0 Å². The average Bonchev–Trinajstić information content (AvgIpc) is 2.64. The maximum atomic E-state index is 13.2. The van der Waals surface area contributed by atoms with Crippen LogP contribution in [0.1, 0.15) is 30.9 Å². The normalized spacial score (nSPS) is 11.3. The SMILES string of the molecule is CCCCNc1nc(N)nc2ccn(Cc3ccc(C[N+](C)(C)C)cc3)c(=O)c12.[I-]. The number of halogens is 1. The summed E-state index contributed by atoms with van der Waals surface area (Å²) >= 11 is 0. The number of fused-ring (bicyclic) bond motifs is 1. The number of hydrogen-bond acceptors (Lipinski definition) is 5. The van der Waals surface area contributed by atoms with E-state index < -0.39 is 0 Å². The summed E-state index contributed by atoms with van der Waals surface area (Å²) in [5, 5.41) is 3.73. The number of anilines is 2. The van der Waals surface area contributed by atoms with Crippen LogP contribution in [0.3, 0.4) is 0 Å². The van der Waals surface area contributed by atoms with E-state index in [1.807, 2.05) is 6.07 Å². The predicted molar refractivity (Wildman–Crippen MR) is 119 cm³/mol. The monoisotopic (exact) mass is 522 g/mol. The van der Waals surface area contributed by atoms with Gasteiger partial charge >= 0.3 is 0 Å². The lowest BCUT2D eigenvalue weighted by Gasteiger charge is -2.23. The Balaban J connectivity index is 0.00000320. The van der Waals surface area contributed by atoms with E-state index in [0.717, 1.165) is 36.0 Å². The van der Waals surface area contributed by atoms with Gasteiger partial charge in [0.15, 0.2) is 0 Å². The lowest BCUT2D eigenvalue weighted by atomic mass is 10.1. The Morgan fingerprint density at radius 3 is 2.37 bits per heavy atom. The van der Waals surface area contributed by atoms with Crippen molar-refractivity contribution in [3.8, 4) is 0 Å². The van der Waals surface area contributed by atoms with Gasteiger partial charge in [-0.05, 0) is 18.1 Å². The highest BCUT2D eigenvalue weighted by Crippen LogP contribution is 2.18. The zero-order chi connectivity index (χ0) is 21.0. The molecule has 0 saturated heterocycles. The minimum absolute atomic E-state index is 0. The molecule has 0 aliphatic heterocycles. The van der Waals surface area contributed by atoms with Gasteiger partial charge in [-0.1, -0.05) is 37.6 Å². The van der Waals surface area contributed by atoms with E-state index in [0.29, 0.717) is 23.3 Å². The number of nitrogens with zero attached hydrogens (tertiary/aromatic N) is 4. The van der Waals surface area contributed by atoms with Gasteiger partial charge in [0.25, 0.3) is 5.56 Å². The molecule has 1 aromatic carbocycles. The fourth-order valence-electron chi connectivity index (χ4n) is 3.33. The first-order valence-electron chi connectivity index (χ1n) is 10.1. The number of nitrogens with one attached hydrogen (secondary N) is 1. The average molecular weight is 522 g/mol. The summed E-state index contributed by atoms with van der Waals surface area (Å²) in [5.74, 6) is 0.681. The Morgan fingerprint density at radius 2 is 1.73 bits per heavy atom. The molecule has 7 nitrogen and oxygen atoms in total. The maximum absolute atomic E-state index is 13.2. The fourth-order valence-corrected chi connectivity index (χ4v) is 3.33. The first kappa shape index (κ1) is 24.1. The number of hydrogen-bond donors (Lipinski definition) is 2. The van der Waals surface area contributed by atoms with Gasteiger partial charge in [0.2, 0.25) is 5.95 Å². The number of unbranched alkanes of at least 4 members (excludes halogenated alkanes) is 1. The molecule has 0 fully saturated rings. The highest BCUT2D eigenvalue weighted by Gasteiger charge is 2.13. The first-order valence-corrected chi connectivity index (χ1v) is 10.1. The summed E-state index contributed by atoms with van der Waals surface area (Å²) in [6.45, 7) is 4.32. The van der Waals surface area contributed by atoms with Crippen LogP contribution in [0.15, 0.2) is 41.3 Å². The number of quaternary nitrogens is 1. The van der Waals surface area contributed by atoms with Crippen LogP contribution in [0.4, 0.5) is 11.8 Å². The molecule has 0 unspecified atom stereocenters. The van der Waals surface area contributed by atoms with Crippen LogP contribution in [-0.4, -0.2) is 46.7 Å². The van der Waals surface area contributed by atoms with Crippen molar-refractivity contribution in [2.24, 2.45) is 0 Å². The molecule has 0 amide bonds. The molecule has 30 heavy (non-hydrogen) atoms. The first-order chi connectivity index (χ1) is 13.8. The molecule has 2 aromatic heterocycles. The molecular formula is C22H31IN6O. The van der Waals surface area contributed by atoms with Crippen molar-refractivity contribution in [1.29, 1.82) is 0 Å². The van der Waals surface area contributed by atoms with E-state index in [2.05, 4.69) is 67.6 Å². The molecule has 3 rings (SSSR count). The number of nitrogens with two attached hydrogens (primary N) is 1. The van der Waals surface area contributed by atoms with Crippen molar-refractivity contribution in [3.05, 3.63) is 58.0 Å². The largest absolute Gasteiger partial charge is 1.00 e. The van der Waals surface area contributed by atoms with Gasteiger partial charge in [0.1, 0.15) is 17.7 Å². The molecular weight excluding hydrogens is 491 g/mol. The summed E-state index contributed by atoms with van der Waals surface area (Å²) in [6.07, 6.45) is 3.82. The zero-order valence-electron chi connectivity index (χ0n) is 18.2. The Morgan fingerprint density at radius 1 is 1.07 bits per heavy atom. The topological polar surface area (TPSA) is 85.8 Å². The highest BCUT2D eigenvalue weighted by molar-refractivity contribution is 5.89. The van der Waals surface area contributed by atoms with Crippen molar-refractivity contribution in [1.82, 2.24) is 14.5 Å². The molecule has 0 bridgehead atoms. The number of pyridine rings is 1. The lowest BCUT2D eigenvalue weighted by molar-refractivity contribution is -0.884. The van der Waals surface area contributed by atoms with E-state index in [1.54, 1.807) is 10.8 Å². The smallest absolute Gasteiger partial charge is 0.264 e. The maximum Gasteiger partial charge on any atom is 0.264 e. The molecule has 162 valence electrons. The Kier molecular flexibility index (Phi) is 8.19. The number of nitrogen functional groups attached to an aromatic ring is 1. The van der Waals surface area contributed by atoms with Gasteiger partial charge in [0.05, 0.1) is 33.2 Å². The summed E-state index contributed by atoms with van der Waals surface area (Å²) in [6, 6.07) is 10.3. The molecule has 8 heteroatoms. The molecule has 3 N–H and O–H groups in total. The van der Waals surface area contributed by atoms with Crippen LogP contribution >= 0.6 is 0 Å². The van der Waals surface area contributed by atoms with Gasteiger partial charge in [-0.3, -0.25) is 4.79 Å². The molecule has 0 aliphatic rings. The van der Waals surface area contributed by atoms with Crippen molar-refractivity contribution >= 4 is 22.7 Å². The van der Waals surface area contributed by atoms with Gasteiger partial charge in [-0.15, -0.1) is 0 Å². The molecule has 2 heterocycles. The quantitative estimate of drug-likeness (QED) is 0.244. The Bertz CT molecular complexity index is 1040. The van der Waals surface area contributed by atoms with Crippen molar-refractivity contribution < 1.29 is 28.5 Å². The molecule has 0 spiro atoms. The summed E-state index contributed by atoms with van der Waals surface area (Å²) in [7, 11) is 6.51. The van der Waals surface area contributed by atoms with E-state index in [-0.39, 0.29) is 35.5 Å². The van der Waals surface area contributed by atoms with E-state index >= 15 is 0 Å². The second-order valence-electron chi connectivity index (χ2n) is 8.48. The number of rotatable bonds is 8. The van der Waals surface area contributed by atoms with Crippen LogP contribution < -0.4 is 40.6 Å². The molecule has 0 aliphatic carbocycles. The predicted octanol–water partition coefficient (Wildman–Crippen LogP) is -0.156. The van der Waals surface area contributed by atoms with Crippen molar-refractivity contribution in [2.45, 2.75) is 32.9 Å². The lowest BCUT2D eigenvalue weighted by Crippen LogP contribution is -3.00. The third-order valence-corrected chi connectivity index (χ3v) is 4.70. The Hall–Kier alpha value is -2.20. The van der Waals surface area contributed by atoms with E-state index in [9.17, 15) is 4.79 Å². The second kappa shape index (κ2) is 10.2.